The fourth-order valence-electron chi connectivity index (χ4n) is 1.91. The summed E-state index contributed by atoms with van der Waals surface area (Å²) in [6.45, 7) is 6.09. The Morgan fingerprint density at radius 3 is 2.82 bits per heavy atom. The van der Waals surface area contributed by atoms with Crippen molar-refractivity contribution in [3.8, 4) is 0 Å². The van der Waals surface area contributed by atoms with E-state index in [0.717, 1.165) is 37.8 Å². The Bertz CT molecular complexity index is 273. The Morgan fingerprint density at radius 1 is 1.47 bits per heavy atom. The van der Waals surface area contributed by atoms with Crippen molar-refractivity contribution in [2.75, 3.05) is 37.7 Å². The summed E-state index contributed by atoms with van der Waals surface area (Å²) in [6, 6.07) is 0. The SMILES string of the molecule is CCN1CCC(CNC(=O)CSCC(=O)O)C1. The van der Waals surface area contributed by atoms with Crippen LogP contribution >= 0.6 is 11.8 Å². The van der Waals surface area contributed by atoms with Gasteiger partial charge in [0.1, 0.15) is 0 Å². The Kier molecular flexibility index (Phi) is 6.36. The van der Waals surface area contributed by atoms with Gasteiger partial charge in [0.2, 0.25) is 5.91 Å². The van der Waals surface area contributed by atoms with Crippen molar-refractivity contribution in [1.29, 1.82) is 0 Å². The van der Waals surface area contributed by atoms with E-state index in [1.807, 2.05) is 0 Å². The van der Waals surface area contributed by atoms with E-state index in [-0.39, 0.29) is 17.4 Å². The molecule has 0 aromatic rings. The maximum absolute atomic E-state index is 11.4. The largest absolute Gasteiger partial charge is 0.481 e. The first-order chi connectivity index (χ1) is 8.11. The molecule has 2 N–H and O–H groups in total. The van der Waals surface area contributed by atoms with Gasteiger partial charge in [0.05, 0.1) is 11.5 Å². The Hall–Kier alpha value is -0.750. The van der Waals surface area contributed by atoms with Gasteiger partial charge < -0.3 is 15.3 Å². The molecule has 0 saturated carbocycles. The molecule has 6 heteroatoms. The van der Waals surface area contributed by atoms with E-state index in [1.54, 1.807) is 0 Å². The number of carboxylic acids is 1. The van der Waals surface area contributed by atoms with Gasteiger partial charge in [0, 0.05) is 13.1 Å². The number of likely N-dealkylation sites (tertiary alicyclic amines) is 1. The zero-order chi connectivity index (χ0) is 12.7. The number of rotatable bonds is 7. The van der Waals surface area contributed by atoms with E-state index >= 15 is 0 Å². The summed E-state index contributed by atoms with van der Waals surface area (Å²) in [7, 11) is 0. The molecule has 0 aromatic heterocycles. The number of hydrogen-bond acceptors (Lipinski definition) is 4. The number of aliphatic carboxylic acids is 1. The Morgan fingerprint density at radius 2 is 2.24 bits per heavy atom. The van der Waals surface area contributed by atoms with Crippen LogP contribution in [-0.4, -0.2) is 59.6 Å². The van der Waals surface area contributed by atoms with Crippen LogP contribution in [0.4, 0.5) is 0 Å². The molecule has 1 fully saturated rings. The van der Waals surface area contributed by atoms with Crippen molar-refractivity contribution in [2.24, 2.45) is 5.92 Å². The fraction of sp³-hybridized carbons (Fsp3) is 0.818. The Labute approximate surface area is 106 Å². The average Bonchev–Trinajstić information content (AvgIpc) is 2.73. The van der Waals surface area contributed by atoms with Crippen LogP contribution in [0.2, 0.25) is 0 Å². The number of amides is 1. The van der Waals surface area contributed by atoms with Crippen LogP contribution in [0, 0.1) is 5.92 Å². The van der Waals surface area contributed by atoms with Gasteiger partial charge in [-0.15, -0.1) is 11.8 Å². The minimum atomic E-state index is -0.878. The molecule has 1 rings (SSSR count). The molecule has 98 valence electrons. The third-order valence-corrected chi connectivity index (χ3v) is 3.78. The molecule has 0 spiro atoms. The molecule has 0 bridgehead atoms. The second-order valence-corrected chi connectivity index (χ2v) is 5.22. The van der Waals surface area contributed by atoms with Gasteiger partial charge in [-0.1, -0.05) is 6.92 Å². The number of thioether (sulfide) groups is 1. The summed E-state index contributed by atoms with van der Waals surface area (Å²) < 4.78 is 0. The van der Waals surface area contributed by atoms with Crippen molar-refractivity contribution in [1.82, 2.24) is 10.2 Å². The summed E-state index contributed by atoms with van der Waals surface area (Å²) in [5, 5.41) is 11.3. The van der Waals surface area contributed by atoms with E-state index in [0.29, 0.717) is 12.5 Å². The molecular formula is C11H20N2O3S. The lowest BCUT2D eigenvalue weighted by molar-refractivity contribution is -0.133. The highest BCUT2D eigenvalue weighted by Crippen LogP contribution is 2.14. The van der Waals surface area contributed by atoms with Gasteiger partial charge in [-0.25, -0.2) is 0 Å². The molecule has 1 heterocycles. The minimum Gasteiger partial charge on any atom is -0.481 e. The van der Waals surface area contributed by atoms with Gasteiger partial charge in [0.15, 0.2) is 0 Å². The smallest absolute Gasteiger partial charge is 0.313 e. The average molecular weight is 260 g/mol. The van der Waals surface area contributed by atoms with Crippen molar-refractivity contribution < 1.29 is 14.7 Å². The molecule has 1 saturated heterocycles. The van der Waals surface area contributed by atoms with Gasteiger partial charge in [-0.05, 0) is 25.4 Å². The van der Waals surface area contributed by atoms with E-state index in [9.17, 15) is 9.59 Å². The summed E-state index contributed by atoms with van der Waals surface area (Å²) in [6.07, 6.45) is 1.14. The van der Waals surface area contributed by atoms with Crippen LogP contribution in [0.5, 0.6) is 0 Å². The van der Waals surface area contributed by atoms with Gasteiger partial charge in [-0.3, -0.25) is 9.59 Å². The second kappa shape index (κ2) is 7.55. The van der Waals surface area contributed by atoms with E-state index in [4.69, 9.17) is 5.11 Å². The van der Waals surface area contributed by atoms with Gasteiger partial charge >= 0.3 is 5.97 Å². The summed E-state index contributed by atoms with van der Waals surface area (Å²) >= 11 is 1.14. The summed E-state index contributed by atoms with van der Waals surface area (Å²) in [4.78, 5) is 24.0. The predicted molar refractivity (Wildman–Crippen MR) is 68.2 cm³/mol. The lowest BCUT2D eigenvalue weighted by Gasteiger charge is -2.13. The van der Waals surface area contributed by atoms with Crippen LogP contribution in [0.3, 0.4) is 0 Å². The number of carbonyl (C=O) groups excluding carboxylic acids is 1. The van der Waals surface area contributed by atoms with Crippen LogP contribution in [-0.2, 0) is 9.59 Å². The standard InChI is InChI=1S/C11H20N2O3S/c1-2-13-4-3-9(6-13)5-12-10(14)7-17-8-11(15)16/h9H,2-8H2,1H3,(H,12,14)(H,15,16). The first kappa shape index (κ1) is 14.3. The number of hydrogen-bond donors (Lipinski definition) is 2. The van der Waals surface area contributed by atoms with E-state index < -0.39 is 5.97 Å². The fourth-order valence-corrected chi connectivity index (χ4v) is 2.47. The second-order valence-electron chi connectivity index (χ2n) is 4.24. The molecule has 5 nitrogen and oxygen atoms in total. The number of nitrogens with one attached hydrogen (secondary N) is 1. The topological polar surface area (TPSA) is 69.6 Å². The molecule has 0 radical (unpaired) electrons. The van der Waals surface area contributed by atoms with E-state index in [1.165, 1.54) is 0 Å². The number of carbonyl (C=O) groups is 2. The third-order valence-electron chi connectivity index (χ3n) is 2.86. The van der Waals surface area contributed by atoms with Crippen molar-refractivity contribution >= 4 is 23.6 Å². The maximum atomic E-state index is 11.4. The van der Waals surface area contributed by atoms with Crippen molar-refractivity contribution in [2.45, 2.75) is 13.3 Å². The molecular weight excluding hydrogens is 240 g/mol. The molecule has 1 amide bonds. The monoisotopic (exact) mass is 260 g/mol. The van der Waals surface area contributed by atoms with Crippen LogP contribution in [0.25, 0.3) is 0 Å². The lowest BCUT2D eigenvalue weighted by atomic mass is 10.1. The van der Waals surface area contributed by atoms with Gasteiger partial charge in [0.25, 0.3) is 0 Å². The van der Waals surface area contributed by atoms with Crippen molar-refractivity contribution in [3.63, 3.8) is 0 Å². The molecule has 1 aliphatic rings. The summed E-state index contributed by atoms with van der Waals surface area (Å²) in [5.41, 5.74) is 0. The minimum absolute atomic E-state index is 0.0134. The molecule has 1 atom stereocenters. The highest BCUT2D eigenvalue weighted by atomic mass is 32.2. The highest BCUT2D eigenvalue weighted by molar-refractivity contribution is 8.00. The van der Waals surface area contributed by atoms with Crippen molar-refractivity contribution in [3.05, 3.63) is 0 Å². The van der Waals surface area contributed by atoms with Gasteiger partial charge in [-0.2, -0.15) is 0 Å². The lowest BCUT2D eigenvalue weighted by Crippen LogP contribution is -2.32. The molecule has 0 aromatic carbocycles. The normalized spacial score (nSPS) is 20.4. The van der Waals surface area contributed by atoms with Crippen LogP contribution in [0.1, 0.15) is 13.3 Å². The summed E-state index contributed by atoms with van der Waals surface area (Å²) in [5.74, 6) is -0.177. The highest BCUT2D eigenvalue weighted by Gasteiger charge is 2.21. The molecule has 0 aliphatic carbocycles. The quantitative estimate of drug-likeness (QED) is 0.687. The first-order valence-corrected chi connectivity index (χ1v) is 7.06. The predicted octanol–water partition coefficient (Wildman–Crippen LogP) is 0.262. The van der Waals surface area contributed by atoms with Crippen LogP contribution < -0.4 is 5.32 Å². The number of carboxylic acid groups (broad SMARTS) is 1. The zero-order valence-corrected chi connectivity index (χ0v) is 11.0. The molecule has 1 unspecified atom stereocenters. The third kappa shape index (κ3) is 5.93. The van der Waals surface area contributed by atoms with Crippen LogP contribution in [0.15, 0.2) is 0 Å². The molecule has 17 heavy (non-hydrogen) atoms. The molecule has 1 aliphatic heterocycles. The zero-order valence-electron chi connectivity index (χ0n) is 10.1. The maximum Gasteiger partial charge on any atom is 0.313 e. The number of nitrogens with zero attached hydrogens (tertiary/aromatic N) is 1. The van der Waals surface area contributed by atoms with E-state index in [2.05, 4.69) is 17.1 Å². The Balaban J connectivity index is 2.06. The first-order valence-electron chi connectivity index (χ1n) is 5.90.